The van der Waals surface area contributed by atoms with E-state index in [0.717, 1.165) is 45.4 Å². The van der Waals surface area contributed by atoms with Crippen LogP contribution >= 0.6 is 0 Å². The molecule has 0 aromatic rings. The lowest BCUT2D eigenvalue weighted by Gasteiger charge is -2.28. The highest BCUT2D eigenvalue weighted by atomic mass is 16.5. The highest BCUT2D eigenvalue weighted by Crippen LogP contribution is 2.18. The maximum absolute atomic E-state index is 11.7. The second-order valence-corrected chi connectivity index (χ2v) is 6.03. The average Bonchev–Trinajstić information content (AvgIpc) is 2.87. The molecule has 124 valence electrons. The first-order chi connectivity index (χ1) is 9.96. The molecule has 1 aliphatic heterocycles. The maximum atomic E-state index is 11.7. The summed E-state index contributed by atoms with van der Waals surface area (Å²) in [5.74, 6) is -0.276. The molecule has 3 N–H and O–H groups in total. The van der Waals surface area contributed by atoms with E-state index in [-0.39, 0.29) is 18.1 Å². The average molecular weight is 301 g/mol. The van der Waals surface area contributed by atoms with Crippen molar-refractivity contribution in [3.63, 3.8) is 0 Å². The minimum atomic E-state index is -0.614. The molecule has 3 atom stereocenters. The van der Waals surface area contributed by atoms with Crippen molar-refractivity contribution in [1.82, 2.24) is 10.2 Å². The number of nitrogens with two attached hydrogens (primary N) is 1. The van der Waals surface area contributed by atoms with Gasteiger partial charge in [-0.05, 0) is 39.3 Å². The smallest absolute Gasteiger partial charge is 0.237 e. The fourth-order valence-corrected chi connectivity index (χ4v) is 2.81. The fraction of sp³-hybridized carbons (Fsp3) is 0.933. The molecule has 1 aliphatic rings. The highest BCUT2D eigenvalue weighted by Gasteiger charge is 2.34. The minimum Gasteiger partial charge on any atom is -0.377 e. The van der Waals surface area contributed by atoms with Gasteiger partial charge in [0.1, 0.15) is 0 Å². The summed E-state index contributed by atoms with van der Waals surface area (Å²) in [4.78, 5) is 14.0. The minimum absolute atomic E-state index is 0.135. The Hall–Kier alpha value is -0.690. The van der Waals surface area contributed by atoms with Crippen LogP contribution in [-0.4, -0.2) is 69.0 Å². The molecule has 1 rings (SSSR count). The summed E-state index contributed by atoms with van der Waals surface area (Å²) in [5, 5.41) is 3.27. The molecule has 0 saturated carbocycles. The Morgan fingerprint density at radius 2 is 1.90 bits per heavy atom. The van der Waals surface area contributed by atoms with Gasteiger partial charge in [-0.15, -0.1) is 0 Å². The van der Waals surface area contributed by atoms with Crippen molar-refractivity contribution >= 4 is 5.91 Å². The molecule has 0 aromatic heterocycles. The monoisotopic (exact) mass is 301 g/mol. The summed E-state index contributed by atoms with van der Waals surface area (Å²) in [6.45, 7) is 7.46. The molecule has 3 unspecified atom stereocenters. The first-order valence-electron chi connectivity index (χ1n) is 7.79. The van der Waals surface area contributed by atoms with Gasteiger partial charge in [-0.3, -0.25) is 9.69 Å². The molecule has 21 heavy (non-hydrogen) atoms. The molecule has 0 radical (unpaired) electrons. The zero-order chi connectivity index (χ0) is 15.9. The van der Waals surface area contributed by atoms with Gasteiger partial charge in [0.15, 0.2) is 0 Å². The molecule has 0 aromatic carbocycles. The standard InChI is InChI=1S/C15H31N3O3/c1-5-8-17-15(2,14(16)19)7-6-9-18-10-12(20-3)13(11-18)21-4/h12-13,17H,5-11H2,1-4H3,(H2,16,19). The number of hydrogen-bond donors (Lipinski definition) is 2. The van der Waals surface area contributed by atoms with Gasteiger partial charge in [0.2, 0.25) is 5.91 Å². The number of carbonyl (C=O) groups excluding carboxylic acids is 1. The van der Waals surface area contributed by atoms with E-state index in [4.69, 9.17) is 15.2 Å². The van der Waals surface area contributed by atoms with E-state index in [2.05, 4.69) is 17.1 Å². The van der Waals surface area contributed by atoms with Crippen LogP contribution in [0.2, 0.25) is 0 Å². The summed E-state index contributed by atoms with van der Waals surface area (Å²) in [5.41, 5.74) is 4.92. The van der Waals surface area contributed by atoms with Crippen molar-refractivity contribution in [3.05, 3.63) is 0 Å². The van der Waals surface area contributed by atoms with E-state index in [9.17, 15) is 4.79 Å². The maximum Gasteiger partial charge on any atom is 0.237 e. The van der Waals surface area contributed by atoms with E-state index < -0.39 is 5.54 Å². The van der Waals surface area contributed by atoms with Crippen molar-refractivity contribution < 1.29 is 14.3 Å². The molecular formula is C15H31N3O3. The van der Waals surface area contributed by atoms with E-state index in [1.54, 1.807) is 14.2 Å². The van der Waals surface area contributed by atoms with Crippen LogP contribution in [-0.2, 0) is 14.3 Å². The van der Waals surface area contributed by atoms with Crippen LogP contribution in [0.15, 0.2) is 0 Å². The summed E-state index contributed by atoms with van der Waals surface area (Å²) >= 11 is 0. The SMILES string of the molecule is CCCNC(C)(CCCN1CC(OC)C(OC)C1)C(N)=O. The zero-order valence-electron chi connectivity index (χ0n) is 13.9. The molecule has 1 saturated heterocycles. The van der Waals surface area contributed by atoms with Crippen molar-refractivity contribution in [2.75, 3.05) is 40.4 Å². The zero-order valence-corrected chi connectivity index (χ0v) is 13.9. The number of hydrogen-bond acceptors (Lipinski definition) is 5. The lowest BCUT2D eigenvalue weighted by atomic mass is 9.94. The van der Waals surface area contributed by atoms with Crippen molar-refractivity contribution in [1.29, 1.82) is 0 Å². The van der Waals surface area contributed by atoms with Gasteiger partial charge in [0.05, 0.1) is 17.7 Å². The Balaban J connectivity index is 2.39. The van der Waals surface area contributed by atoms with Crippen molar-refractivity contribution in [2.45, 2.75) is 50.9 Å². The molecular weight excluding hydrogens is 270 g/mol. The third-order valence-corrected chi connectivity index (χ3v) is 4.36. The molecule has 1 fully saturated rings. The van der Waals surface area contributed by atoms with E-state index >= 15 is 0 Å². The molecule has 0 aliphatic carbocycles. The van der Waals surface area contributed by atoms with Crippen LogP contribution in [0, 0.1) is 0 Å². The fourth-order valence-electron chi connectivity index (χ4n) is 2.81. The summed E-state index contributed by atoms with van der Waals surface area (Å²) < 4.78 is 10.9. The number of nitrogens with one attached hydrogen (secondary N) is 1. The Morgan fingerprint density at radius 3 is 2.33 bits per heavy atom. The van der Waals surface area contributed by atoms with Gasteiger partial charge in [-0.1, -0.05) is 6.92 Å². The third-order valence-electron chi connectivity index (χ3n) is 4.36. The van der Waals surface area contributed by atoms with Gasteiger partial charge in [-0.25, -0.2) is 0 Å². The predicted molar refractivity (Wildman–Crippen MR) is 83.2 cm³/mol. The number of nitrogens with zero attached hydrogens (tertiary/aromatic N) is 1. The first-order valence-corrected chi connectivity index (χ1v) is 7.79. The second kappa shape index (κ2) is 8.68. The Labute approximate surface area is 128 Å². The molecule has 6 nitrogen and oxygen atoms in total. The number of primary amides is 1. The summed E-state index contributed by atoms with van der Waals surface area (Å²) in [7, 11) is 3.44. The highest BCUT2D eigenvalue weighted by molar-refractivity contribution is 5.84. The largest absolute Gasteiger partial charge is 0.377 e. The predicted octanol–water partition coefficient (Wildman–Crippen LogP) is 0.356. The number of amides is 1. The van der Waals surface area contributed by atoms with E-state index in [1.807, 2.05) is 6.92 Å². The Morgan fingerprint density at radius 1 is 1.33 bits per heavy atom. The lowest BCUT2D eigenvalue weighted by molar-refractivity contribution is -0.124. The molecule has 1 heterocycles. The molecule has 0 bridgehead atoms. The van der Waals surface area contributed by atoms with Crippen LogP contribution in [0.5, 0.6) is 0 Å². The van der Waals surface area contributed by atoms with Crippen LogP contribution < -0.4 is 11.1 Å². The lowest BCUT2D eigenvalue weighted by Crippen LogP contribution is -2.53. The Kier molecular flexibility index (Phi) is 7.59. The topological polar surface area (TPSA) is 76.8 Å². The molecule has 1 amide bonds. The van der Waals surface area contributed by atoms with Gasteiger partial charge >= 0.3 is 0 Å². The van der Waals surface area contributed by atoms with Gasteiger partial charge in [-0.2, -0.15) is 0 Å². The van der Waals surface area contributed by atoms with Gasteiger partial charge < -0.3 is 20.5 Å². The molecule has 6 heteroatoms. The molecule has 0 spiro atoms. The number of ether oxygens (including phenoxy) is 2. The van der Waals surface area contributed by atoms with Crippen LogP contribution in [0.1, 0.15) is 33.1 Å². The number of carbonyl (C=O) groups is 1. The van der Waals surface area contributed by atoms with Crippen molar-refractivity contribution in [2.24, 2.45) is 5.73 Å². The van der Waals surface area contributed by atoms with Crippen LogP contribution in [0.25, 0.3) is 0 Å². The Bertz CT molecular complexity index is 315. The number of likely N-dealkylation sites (tertiary alicyclic amines) is 1. The second-order valence-electron chi connectivity index (χ2n) is 6.03. The first kappa shape index (κ1) is 18.4. The third kappa shape index (κ3) is 5.21. The summed E-state index contributed by atoms with van der Waals surface area (Å²) in [6.07, 6.45) is 2.92. The van der Waals surface area contributed by atoms with Crippen LogP contribution in [0.4, 0.5) is 0 Å². The number of rotatable bonds is 10. The van der Waals surface area contributed by atoms with Gasteiger partial charge in [0.25, 0.3) is 0 Å². The van der Waals surface area contributed by atoms with E-state index in [1.165, 1.54) is 0 Å². The normalized spacial score (nSPS) is 25.9. The van der Waals surface area contributed by atoms with E-state index in [0.29, 0.717) is 0 Å². The quantitative estimate of drug-likeness (QED) is 0.609. The van der Waals surface area contributed by atoms with Crippen molar-refractivity contribution in [3.8, 4) is 0 Å². The van der Waals surface area contributed by atoms with Gasteiger partial charge in [0, 0.05) is 27.3 Å². The number of methoxy groups -OCH3 is 2. The summed E-state index contributed by atoms with van der Waals surface area (Å²) in [6, 6.07) is 0. The van der Waals surface area contributed by atoms with Crippen LogP contribution in [0.3, 0.4) is 0 Å².